The number of nitrogens with one attached hydrogen (secondary N) is 1. The van der Waals surface area contributed by atoms with Crippen molar-refractivity contribution < 1.29 is 22.7 Å². The number of carbonyl (C=O) groups excluding carboxylic acids is 2. The maximum absolute atomic E-state index is 13.6. The van der Waals surface area contributed by atoms with Crippen LogP contribution < -0.4 is 15.4 Å². The molecule has 0 fully saturated rings. The van der Waals surface area contributed by atoms with Gasteiger partial charge in [0.25, 0.3) is 15.9 Å². The number of ether oxygens (including phenoxy) is 1. The summed E-state index contributed by atoms with van der Waals surface area (Å²) in [6, 6.07) is 21.4. The Balaban J connectivity index is 1.67. The largest absolute Gasteiger partial charge is 0.468 e. The highest BCUT2D eigenvalue weighted by atomic mass is 35.5. The zero-order valence-electron chi connectivity index (χ0n) is 20.9. The quantitative estimate of drug-likeness (QED) is 0.269. The van der Waals surface area contributed by atoms with Crippen LogP contribution in [0.4, 0.5) is 5.69 Å². The second-order valence-electron chi connectivity index (χ2n) is 8.61. The SMILES string of the molecule is COC(=O)CN(c1ccc2c(C(=O)NCc3ccc(CN)cc3)cccc2c1)S(=O)(=O)c1cc(Cl)cc(Cl)c1. The Labute approximate surface area is 236 Å². The molecule has 0 atom stereocenters. The molecule has 0 saturated heterocycles. The first kappa shape index (κ1) is 28.4. The van der Waals surface area contributed by atoms with Gasteiger partial charge in [-0.3, -0.25) is 13.9 Å². The Morgan fingerprint density at radius 1 is 0.923 bits per heavy atom. The molecular weight excluding hydrogens is 561 g/mol. The van der Waals surface area contributed by atoms with Crippen molar-refractivity contribution in [1.29, 1.82) is 0 Å². The molecule has 11 heteroatoms. The van der Waals surface area contributed by atoms with Crippen LogP contribution in [0.2, 0.25) is 10.0 Å². The van der Waals surface area contributed by atoms with E-state index >= 15 is 0 Å². The van der Waals surface area contributed by atoms with Crippen LogP contribution in [0.5, 0.6) is 0 Å². The van der Waals surface area contributed by atoms with Crippen LogP contribution in [-0.2, 0) is 32.6 Å². The molecular formula is C28H25Cl2N3O5S. The van der Waals surface area contributed by atoms with E-state index in [2.05, 4.69) is 5.32 Å². The topological polar surface area (TPSA) is 119 Å². The number of hydrogen-bond acceptors (Lipinski definition) is 6. The number of amides is 1. The van der Waals surface area contributed by atoms with Crippen LogP contribution in [0.3, 0.4) is 0 Å². The normalized spacial score (nSPS) is 11.3. The summed E-state index contributed by atoms with van der Waals surface area (Å²) in [5.74, 6) is -1.05. The predicted molar refractivity (Wildman–Crippen MR) is 152 cm³/mol. The van der Waals surface area contributed by atoms with E-state index < -0.39 is 22.5 Å². The minimum Gasteiger partial charge on any atom is -0.468 e. The summed E-state index contributed by atoms with van der Waals surface area (Å²) < 4.78 is 32.8. The highest BCUT2D eigenvalue weighted by molar-refractivity contribution is 7.92. The second kappa shape index (κ2) is 12.0. The van der Waals surface area contributed by atoms with E-state index in [9.17, 15) is 18.0 Å². The Morgan fingerprint density at radius 3 is 2.23 bits per heavy atom. The van der Waals surface area contributed by atoms with Crippen molar-refractivity contribution in [2.24, 2.45) is 5.73 Å². The molecule has 0 unspecified atom stereocenters. The average molecular weight is 586 g/mol. The third kappa shape index (κ3) is 6.51. The molecule has 3 N–H and O–H groups in total. The minimum atomic E-state index is -4.27. The van der Waals surface area contributed by atoms with Crippen LogP contribution in [0.1, 0.15) is 21.5 Å². The van der Waals surface area contributed by atoms with Crippen LogP contribution in [0.25, 0.3) is 10.8 Å². The average Bonchev–Trinajstić information content (AvgIpc) is 2.93. The highest BCUT2D eigenvalue weighted by Crippen LogP contribution is 2.31. The molecule has 4 aromatic rings. The van der Waals surface area contributed by atoms with Crippen LogP contribution >= 0.6 is 23.2 Å². The van der Waals surface area contributed by atoms with Crippen molar-refractivity contribution in [3.8, 4) is 0 Å². The van der Waals surface area contributed by atoms with Gasteiger partial charge in [0.1, 0.15) is 6.54 Å². The third-order valence-electron chi connectivity index (χ3n) is 6.03. The molecule has 4 rings (SSSR count). The Bertz CT molecular complexity index is 1620. The first-order valence-corrected chi connectivity index (χ1v) is 14.0. The van der Waals surface area contributed by atoms with Crippen molar-refractivity contribution in [2.75, 3.05) is 18.0 Å². The van der Waals surface area contributed by atoms with E-state index in [0.717, 1.165) is 15.4 Å². The summed E-state index contributed by atoms with van der Waals surface area (Å²) in [5.41, 5.74) is 8.17. The van der Waals surface area contributed by atoms with Crippen LogP contribution in [-0.4, -0.2) is 33.9 Å². The molecule has 8 nitrogen and oxygen atoms in total. The summed E-state index contributed by atoms with van der Waals surface area (Å²) in [6.45, 7) is 0.179. The number of halogens is 2. The van der Waals surface area contributed by atoms with Crippen molar-refractivity contribution in [2.45, 2.75) is 18.0 Å². The molecule has 0 heterocycles. The van der Waals surface area contributed by atoms with Gasteiger partial charge >= 0.3 is 5.97 Å². The second-order valence-corrected chi connectivity index (χ2v) is 11.3. The van der Waals surface area contributed by atoms with E-state index in [1.807, 2.05) is 24.3 Å². The smallest absolute Gasteiger partial charge is 0.326 e. The minimum absolute atomic E-state index is 0.128. The first-order valence-electron chi connectivity index (χ1n) is 11.8. The fourth-order valence-electron chi connectivity index (χ4n) is 4.00. The number of carbonyl (C=O) groups is 2. The molecule has 0 bridgehead atoms. The predicted octanol–water partition coefficient (Wildman–Crippen LogP) is 4.90. The van der Waals surface area contributed by atoms with Crippen molar-refractivity contribution in [3.63, 3.8) is 0 Å². The molecule has 0 saturated carbocycles. The lowest BCUT2D eigenvalue weighted by Crippen LogP contribution is -2.36. The molecule has 4 aromatic carbocycles. The first-order chi connectivity index (χ1) is 18.6. The van der Waals surface area contributed by atoms with Crippen LogP contribution in [0, 0.1) is 0 Å². The standard InChI is InChI=1S/C28H25Cl2N3O5S/c1-38-27(34)17-33(39(36,37)24-13-21(29)12-22(30)14-24)23-9-10-25-20(11-23)3-2-4-26(25)28(35)32-16-19-7-5-18(15-31)6-8-19/h2-14H,15-17,31H2,1H3,(H,32,35). The van der Waals surface area contributed by atoms with Crippen molar-refractivity contribution in [1.82, 2.24) is 5.32 Å². The summed E-state index contributed by atoms with van der Waals surface area (Å²) in [6.07, 6.45) is 0. The zero-order valence-corrected chi connectivity index (χ0v) is 23.2. The number of benzene rings is 4. The molecule has 0 radical (unpaired) electrons. The molecule has 0 aliphatic carbocycles. The maximum atomic E-state index is 13.6. The van der Waals surface area contributed by atoms with Gasteiger partial charge in [0.2, 0.25) is 0 Å². The van der Waals surface area contributed by atoms with E-state index in [1.165, 1.54) is 31.4 Å². The molecule has 0 aliphatic rings. The Hall–Kier alpha value is -3.63. The van der Waals surface area contributed by atoms with Gasteiger partial charge in [-0.25, -0.2) is 8.42 Å². The lowest BCUT2D eigenvalue weighted by Gasteiger charge is -2.24. The molecule has 202 valence electrons. The highest BCUT2D eigenvalue weighted by Gasteiger charge is 2.28. The number of esters is 1. The Morgan fingerprint density at radius 2 is 1.59 bits per heavy atom. The number of methoxy groups -OCH3 is 1. The van der Waals surface area contributed by atoms with Crippen molar-refractivity contribution >= 4 is 61.6 Å². The van der Waals surface area contributed by atoms with E-state index in [-0.39, 0.29) is 26.5 Å². The number of hydrogen-bond donors (Lipinski definition) is 2. The molecule has 0 aromatic heterocycles. The summed E-state index contributed by atoms with van der Waals surface area (Å²) in [7, 11) is -3.10. The molecule has 39 heavy (non-hydrogen) atoms. The van der Waals surface area contributed by atoms with Gasteiger partial charge in [-0.05, 0) is 58.3 Å². The molecule has 0 spiro atoms. The van der Waals surface area contributed by atoms with E-state index in [1.54, 1.807) is 30.3 Å². The fourth-order valence-corrected chi connectivity index (χ4v) is 6.12. The monoisotopic (exact) mass is 585 g/mol. The number of fused-ring (bicyclic) bond motifs is 1. The summed E-state index contributed by atoms with van der Waals surface area (Å²) >= 11 is 12.1. The van der Waals surface area contributed by atoms with Gasteiger partial charge in [0.15, 0.2) is 0 Å². The molecule has 0 aliphatic heterocycles. The number of nitrogens with two attached hydrogens (primary N) is 1. The van der Waals surface area contributed by atoms with Gasteiger partial charge < -0.3 is 15.8 Å². The van der Waals surface area contributed by atoms with Crippen LogP contribution in [0.15, 0.2) is 83.8 Å². The number of anilines is 1. The Kier molecular flexibility index (Phi) is 8.76. The lowest BCUT2D eigenvalue weighted by molar-refractivity contribution is -0.138. The van der Waals surface area contributed by atoms with Gasteiger partial charge in [-0.1, -0.05) is 65.7 Å². The van der Waals surface area contributed by atoms with Gasteiger partial charge in [0, 0.05) is 28.7 Å². The van der Waals surface area contributed by atoms with Crippen molar-refractivity contribution in [3.05, 3.63) is 106 Å². The van der Waals surface area contributed by atoms with Gasteiger partial charge in [-0.15, -0.1) is 0 Å². The third-order valence-corrected chi connectivity index (χ3v) is 8.22. The van der Waals surface area contributed by atoms with E-state index in [0.29, 0.717) is 29.4 Å². The van der Waals surface area contributed by atoms with Gasteiger partial charge in [0.05, 0.1) is 17.7 Å². The summed E-state index contributed by atoms with van der Waals surface area (Å²) in [5, 5.41) is 4.37. The lowest BCUT2D eigenvalue weighted by atomic mass is 10.0. The number of rotatable bonds is 9. The number of sulfonamides is 1. The molecule has 1 amide bonds. The fraction of sp³-hybridized carbons (Fsp3) is 0.143. The van der Waals surface area contributed by atoms with Gasteiger partial charge in [-0.2, -0.15) is 0 Å². The summed E-state index contributed by atoms with van der Waals surface area (Å²) in [4.78, 5) is 25.1. The van der Waals surface area contributed by atoms with E-state index in [4.69, 9.17) is 33.7 Å². The number of nitrogens with zero attached hydrogens (tertiary/aromatic N) is 1. The zero-order chi connectivity index (χ0) is 28.2. The maximum Gasteiger partial charge on any atom is 0.326 e.